The van der Waals surface area contributed by atoms with E-state index < -0.39 is 15.7 Å². The zero-order chi connectivity index (χ0) is 17.3. The molecule has 1 N–H and O–H groups in total. The van der Waals surface area contributed by atoms with Gasteiger partial charge < -0.3 is 4.42 Å². The second kappa shape index (κ2) is 6.13. The van der Waals surface area contributed by atoms with Crippen LogP contribution in [0, 0.1) is 6.92 Å². The fourth-order valence-electron chi connectivity index (χ4n) is 1.86. The summed E-state index contributed by atoms with van der Waals surface area (Å²) in [4.78, 5) is 16.5. The maximum atomic E-state index is 12.1. The molecule has 1 aromatic carbocycles. The molecular formula is C14H12N4O4S2. The topological polar surface area (TPSA) is 115 Å². The number of carbonyl (C=O) groups excluding carboxylic acids is 1. The minimum Gasteiger partial charge on any atom is -0.401 e. The van der Waals surface area contributed by atoms with Crippen molar-refractivity contribution >= 4 is 33.1 Å². The minimum atomic E-state index is -3.31. The molecule has 8 nitrogen and oxygen atoms in total. The molecule has 0 saturated heterocycles. The van der Waals surface area contributed by atoms with Gasteiger partial charge in [0.1, 0.15) is 5.69 Å². The number of hydrogen-bond acceptors (Lipinski definition) is 8. The van der Waals surface area contributed by atoms with Gasteiger partial charge in [-0.2, -0.15) is 0 Å². The first kappa shape index (κ1) is 16.3. The maximum Gasteiger partial charge on any atom is 0.322 e. The average molecular weight is 364 g/mol. The van der Waals surface area contributed by atoms with Crippen LogP contribution in [-0.4, -0.2) is 35.8 Å². The molecule has 0 spiro atoms. The zero-order valence-corrected chi connectivity index (χ0v) is 14.3. The molecule has 0 fully saturated rings. The molecule has 0 saturated carbocycles. The van der Waals surface area contributed by atoms with E-state index in [-0.39, 0.29) is 22.4 Å². The first-order valence-electron chi connectivity index (χ1n) is 6.70. The van der Waals surface area contributed by atoms with Crippen LogP contribution < -0.4 is 5.32 Å². The molecule has 0 unspecified atom stereocenters. The Morgan fingerprint density at radius 2 is 1.92 bits per heavy atom. The Morgan fingerprint density at radius 1 is 1.21 bits per heavy atom. The van der Waals surface area contributed by atoms with Gasteiger partial charge in [-0.25, -0.2) is 13.4 Å². The number of sulfone groups is 1. The molecule has 3 rings (SSSR count). The predicted octanol–water partition coefficient (Wildman–Crippen LogP) is 2.16. The summed E-state index contributed by atoms with van der Waals surface area (Å²) in [5.74, 6) is -0.276. The number of carbonyl (C=O) groups is 1. The second-order valence-corrected chi connectivity index (χ2v) is 7.99. The number of amides is 1. The number of hydrogen-bond donors (Lipinski definition) is 1. The molecule has 0 atom stereocenters. The van der Waals surface area contributed by atoms with Gasteiger partial charge in [0, 0.05) is 17.2 Å². The highest BCUT2D eigenvalue weighted by Crippen LogP contribution is 2.22. The van der Waals surface area contributed by atoms with E-state index in [1.165, 1.54) is 35.6 Å². The van der Waals surface area contributed by atoms with Gasteiger partial charge in [-0.15, -0.1) is 16.4 Å². The van der Waals surface area contributed by atoms with Gasteiger partial charge in [0.15, 0.2) is 9.84 Å². The van der Waals surface area contributed by atoms with Crippen LogP contribution in [0.5, 0.6) is 0 Å². The zero-order valence-electron chi connectivity index (χ0n) is 12.7. The summed E-state index contributed by atoms with van der Waals surface area (Å²) in [5, 5.41) is 12.7. The van der Waals surface area contributed by atoms with Crippen LogP contribution in [0.1, 0.15) is 15.4 Å². The summed E-state index contributed by atoms with van der Waals surface area (Å²) < 4.78 is 28.2. The fraction of sp³-hybridized carbons (Fsp3) is 0.143. The molecule has 3 aromatic rings. The van der Waals surface area contributed by atoms with Crippen LogP contribution in [0.2, 0.25) is 0 Å². The van der Waals surface area contributed by atoms with E-state index in [0.717, 1.165) is 11.3 Å². The van der Waals surface area contributed by atoms with Crippen LogP contribution in [-0.2, 0) is 9.84 Å². The summed E-state index contributed by atoms with van der Waals surface area (Å²) in [5.41, 5.74) is 0.814. The van der Waals surface area contributed by atoms with Crippen molar-refractivity contribution in [2.75, 3.05) is 11.6 Å². The SMILES string of the molecule is Cc1nc(-c2nnc(NC(=O)c3ccc(S(C)(=O)=O)cc3)o2)cs1. The summed E-state index contributed by atoms with van der Waals surface area (Å²) in [6.45, 7) is 1.85. The van der Waals surface area contributed by atoms with Crippen molar-refractivity contribution in [1.82, 2.24) is 15.2 Å². The van der Waals surface area contributed by atoms with Gasteiger partial charge in [-0.1, -0.05) is 5.10 Å². The largest absolute Gasteiger partial charge is 0.401 e. The normalized spacial score (nSPS) is 11.4. The molecule has 24 heavy (non-hydrogen) atoms. The Morgan fingerprint density at radius 3 is 2.50 bits per heavy atom. The predicted molar refractivity (Wildman–Crippen MR) is 87.6 cm³/mol. The first-order valence-corrected chi connectivity index (χ1v) is 9.47. The number of nitrogens with one attached hydrogen (secondary N) is 1. The number of rotatable bonds is 4. The standard InChI is InChI=1S/C14H12N4O4S2/c1-8-15-11(7-23-8)13-17-18-14(22-13)16-12(19)9-3-5-10(6-4-9)24(2,20)21/h3-7H,1-2H3,(H,16,18,19). The van der Waals surface area contributed by atoms with Gasteiger partial charge >= 0.3 is 6.01 Å². The van der Waals surface area contributed by atoms with Crippen molar-refractivity contribution in [3.63, 3.8) is 0 Å². The minimum absolute atomic E-state index is 0.0622. The van der Waals surface area contributed by atoms with Crippen LogP contribution in [0.15, 0.2) is 39.0 Å². The summed E-state index contributed by atoms with van der Waals surface area (Å²) in [7, 11) is -3.31. The Balaban J connectivity index is 1.74. The van der Waals surface area contributed by atoms with Gasteiger partial charge in [0.2, 0.25) is 0 Å². The van der Waals surface area contributed by atoms with Gasteiger partial charge in [-0.3, -0.25) is 10.1 Å². The molecule has 0 aliphatic carbocycles. The summed E-state index contributed by atoms with van der Waals surface area (Å²) in [6.07, 6.45) is 1.10. The third-order valence-corrected chi connectivity index (χ3v) is 4.93. The highest BCUT2D eigenvalue weighted by Gasteiger charge is 2.15. The van der Waals surface area contributed by atoms with Crippen molar-refractivity contribution in [3.05, 3.63) is 40.2 Å². The number of benzene rings is 1. The molecule has 10 heteroatoms. The molecule has 1 amide bonds. The Kier molecular flexibility index (Phi) is 4.16. The van der Waals surface area contributed by atoms with E-state index in [0.29, 0.717) is 5.69 Å². The molecule has 2 heterocycles. The molecular weight excluding hydrogens is 352 g/mol. The molecule has 124 valence electrons. The van der Waals surface area contributed by atoms with Crippen molar-refractivity contribution < 1.29 is 17.6 Å². The molecule has 0 bridgehead atoms. The van der Waals surface area contributed by atoms with Crippen LogP contribution >= 0.6 is 11.3 Å². The van der Waals surface area contributed by atoms with E-state index in [1.807, 2.05) is 6.92 Å². The van der Waals surface area contributed by atoms with Crippen LogP contribution in [0.3, 0.4) is 0 Å². The van der Waals surface area contributed by atoms with Gasteiger partial charge in [0.05, 0.1) is 9.90 Å². The summed E-state index contributed by atoms with van der Waals surface area (Å²) in [6, 6.07) is 5.48. The fourth-order valence-corrected chi connectivity index (χ4v) is 3.08. The second-order valence-electron chi connectivity index (χ2n) is 4.91. The molecule has 0 aliphatic heterocycles. The Hall–Kier alpha value is -2.59. The van der Waals surface area contributed by atoms with E-state index >= 15 is 0 Å². The third kappa shape index (κ3) is 3.49. The monoisotopic (exact) mass is 364 g/mol. The van der Waals surface area contributed by atoms with Crippen LogP contribution in [0.4, 0.5) is 6.01 Å². The molecule has 2 aromatic heterocycles. The van der Waals surface area contributed by atoms with Crippen molar-refractivity contribution in [2.24, 2.45) is 0 Å². The molecule has 0 radical (unpaired) electrons. The van der Waals surface area contributed by atoms with Crippen molar-refractivity contribution in [1.29, 1.82) is 0 Å². The summed E-state index contributed by atoms with van der Waals surface area (Å²) >= 11 is 1.45. The van der Waals surface area contributed by atoms with Crippen molar-refractivity contribution in [2.45, 2.75) is 11.8 Å². The lowest BCUT2D eigenvalue weighted by atomic mass is 10.2. The smallest absolute Gasteiger partial charge is 0.322 e. The van der Waals surface area contributed by atoms with Gasteiger partial charge in [0.25, 0.3) is 11.8 Å². The van der Waals surface area contributed by atoms with Crippen LogP contribution in [0.25, 0.3) is 11.6 Å². The number of aryl methyl sites for hydroxylation is 1. The van der Waals surface area contributed by atoms with E-state index in [4.69, 9.17) is 4.42 Å². The maximum absolute atomic E-state index is 12.1. The van der Waals surface area contributed by atoms with E-state index in [9.17, 15) is 13.2 Å². The first-order chi connectivity index (χ1) is 11.3. The lowest BCUT2D eigenvalue weighted by molar-refractivity contribution is 0.102. The number of aromatic nitrogens is 3. The highest BCUT2D eigenvalue weighted by atomic mass is 32.2. The number of nitrogens with zero attached hydrogens (tertiary/aromatic N) is 3. The van der Waals surface area contributed by atoms with E-state index in [2.05, 4.69) is 20.5 Å². The highest BCUT2D eigenvalue weighted by molar-refractivity contribution is 7.90. The van der Waals surface area contributed by atoms with Gasteiger partial charge in [-0.05, 0) is 31.2 Å². The Labute approximate surface area is 141 Å². The Bertz CT molecular complexity index is 990. The van der Waals surface area contributed by atoms with Crippen molar-refractivity contribution in [3.8, 4) is 11.6 Å². The third-order valence-electron chi connectivity index (χ3n) is 3.03. The average Bonchev–Trinajstić information content (AvgIpc) is 3.15. The lowest BCUT2D eigenvalue weighted by Crippen LogP contribution is -2.12. The number of thiazole rings is 1. The molecule has 0 aliphatic rings. The lowest BCUT2D eigenvalue weighted by Gasteiger charge is -2.02. The number of anilines is 1. The van der Waals surface area contributed by atoms with E-state index in [1.54, 1.807) is 5.38 Å². The quantitative estimate of drug-likeness (QED) is 0.754.